The molecule has 1 aromatic rings. The second kappa shape index (κ2) is 8.38. The molecule has 0 fully saturated rings. The second-order valence-electron chi connectivity index (χ2n) is 4.92. The Morgan fingerprint density at radius 3 is 2.70 bits per heavy atom. The van der Waals surface area contributed by atoms with Crippen LogP contribution in [-0.2, 0) is 16.1 Å². The summed E-state index contributed by atoms with van der Waals surface area (Å²) >= 11 is 0. The van der Waals surface area contributed by atoms with Crippen LogP contribution < -0.4 is 4.74 Å². The standard InChI is InChI=1S/C16H22O4/c1-4-9-19-16(18)15(10-12(2)3)20-14-8-6-5-7-13(14)11-17/h4-8,12,15,17H,1,9-11H2,2-3H3/t15-/m0/s1. The number of aliphatic hydroxyl groups is 1. The Hall–Kier alpha value is -1.81. The molecule has 0 bridgehead atoms. The number of ether oxygens (including phenoxy) is 2. The molecule has 0 radical (unpaired) electrons. The van der Waals surface area contributed by atoms with Gasteiger partial charge in [-0.05, 0) is 18.4 Å². The number of hydrogen-bond donors (Lipinski definition) is 1. The van der Waals surface area contributed by atoms with Gasteiger partial charge < -0.3 is 14.6 Å². The second-order valence-corrected chi connectivity index (χ2v) is 4.92. The van der Waals surface area contributed by atoms with E-state index in [0.717, 1.165) is 0 Å². The number of hydrogen-bond acceptors (Lipinski definition) is 4. The van der Waals surface area contributed by atoms with Crippen molar-refractivity contribution in [3.05, 3.63) is 42.5 Å². The van der Waals surface area contributed by atoms with Crippen LogP contribution >= 0.6 is 0 Å². The lowest BCUT2D eigenvalue weighted by Gasteiger charge is -2.20. The quantitative estimate of drug-likeness (QED) is 0.587. The fourth-order valence-corrected chi connectivity index (χ4v) is 1.76. The highest BCUT2D eigenvalue weighted by Gasteiger charge is 2.24. The van der Waals surface area contributed by atoms with E-state index >= 15 is 0 Å². The Labute approximate surface area is 120 Å². The van der Waals surface area contributed by atoms with Crippen LogP contribution in [0.1, 0.15) is 25.8 Å². The fraction of sp³-hybridized carbons (Fsp3) is 0.438. The topological polar surface area (TPSA) is 55.8 Å². The van der Waals surface area contributed by atoms with Gasteiger partial charge in [0.25, 0.3) is 0 Å². The van der Waals surface area contributed by atoms with Crippen molar-refractivity contribution in [2.24, 2.45) is 5.92 Å². The maximum atomic E-state index is 12.0. The maximum Gasteiger partial charge on any atom is 0.347 e. The zero-order valence-electron chi connectivity index (χ0n) is 12.0. The fourth-order valence-electron chi connectivity index (χ4n) is 1.76. The van der Waals surface area contributed by atoms with Crippen LogP contribution in [0.2, 0.25) is 0 Å². The molecular weight excluding hydrogens is 256 g/mol. The summed E-state index contributed by atoms with van der Waals surface area (Å²) in [5.74, 6) is 0.389. The summed E-state index contributed by atoms with van der Waals surface area (Å²) in [5, 5.41) is 9.28. The van der Waals surface area contributed by atoms with Crippen molar-refractivity contribution in [3.8, 4) is 5.75 Å². The van der Waals surface area contributed by atoms with Crippen molar-refractivity contribution in [3.63, 3.8) is 0 Å². The summed E-state index contributed by atoms with van der Waals surface area (Å²) in [6.07, 6.45) is 1.39. The van der Waals surface area contributed by atoms with Crippen LogP contribution in [0, 0.1) is 5.92 Å². The van der Waals surface area contributed by atoms with Gasteiger partial charge in [0.1, 0.15) is 12.4 Å². The predicted octanol–water partition coefficient (Wildman–Crippen LogP) is 2.70. The van der Waals surface area contributed by atoms with E-state index < -0.39 is 12.1 Å². The first kappa shape index (κ1) is 16.2. The van der Waals surface area contributed by atoms with Gasteiger partial charge in [0.2, 0.25) is 0 Å². The van der Waals surface area contributed by atoms with E-state index in [-0.39, 0.29) is 19.1 Å². The highest BCUT2D eigenvalue weighted by atomic mass is 16.6. The molecule has 1 rings (SSSR count). The highest BCUT2D eigenvalue weighted by molar-refractivity contribution is 5.75. The number of carbonyl (C=O) groups is 1. The Morgan fingerprint density at radius 2 is 2.10 bits per heavy atom. The van der Waals surface area contributed by atoms with E-state index in [1.165, 1.54) is 6.08 Å². The third-order valence-electron chi connectivity index (χ3n) is 2.70. The van der Waals surface area contributed by atoms with E-state index in [4.69, 9.17) is 9.47 Å². The van der Waals surface area contributed by atoms with Gasteiger partial charge in [0, 0.05) is 5.56 Å². The summed E-state index contributed by atoms with van der Waals surface area (Å²) in [7, 11) is 0. The van der Waals surface area contributed by atoms with Crippen molar-refractivity contribution >= 4 is 5.97 Å². The number of para-hydroxylation sites is 1. The minimum absolute atomic E-state index is 0.133. The molecule has 0 aliphatic heterocycles. The summed E-state index contributed by atoms with van der Waals surface area (Å²) in [4.78, 5) is 12.0. The van der Waals surface area contributed by atoms with Gasteiger partial charge in [0.15, 0.2) is 6.10 Å². The average molecular weight is 278 g/mol. The molecular formula is C16H22O4. The van der Waals surface area contributed by atoms with Gasteiger partial charge in [-0.2, -0.15) is 0 Å². The lowest BCUT2D eigenvalue weighted by molar-refractivity contribution is -0.151. The lowest BCUT2D eigenvalue weighted by Crippen LogP contribution is -2.31. The number of aliphatic hydroxyl groups excluding tert-OH is 1. The van der Waals surface area contributed by atoms with Crippen molar-refractivity contribution in [2.45, 2.75) is 33.0 Å². The molecule has 4 nitrogen and oxygen atoms in total. The van der Waals surface area contributed by atoms with Gasteiger partial charge in [-0.1, -0.05) is 44.7 Å². The third-order valence-corrected chi connectivity index (χ3v) is 2.70. The summed E-state index contributed by atoms with van der Waals surface area (Å²) in [6, 6.07) is 7.11. The van der Waals surface area contributed by atoms with Crippen LogP contribution in [-0.4, -0.2) is 23.8 Å². The molecule has 0 amide bonds. The Balaban J connectivity index is 2.82. The normalized spacial score (nSPS) is 12.0. The van der Waals surface area contributed by atoms with E-state index in [1.54, 1.807) is 18.2 Å². The minimum Gasteiger partial charge on any atom is -0.478 e. The zero-order chi connectivity index (χ0) is 15.0. The smallest absolute Gasteiger partial charge is 0.347 e. The zero-order valence-corrected chi connectivity index (χ0v) is 12.0. The first-order valence-electron chi connectivity index (χ1n) is 6.71. The minimum atomic E-state index is -0.678. The molecule has 0 saturated heterocycles. The molecule has 0 spiro atoms. The SMILES string of the molecule is C=CCOC(=O)[C@H](CC(C)C)Oc1ccccc1CO. The van der Waals surface area contributed by atoms with Crippen LogP contribution in [0.5, 0.6) is 5.75 Å². The van der Waals surface area contributed by atoms with Gasteiger partial charge in [-0.25, -0.2) is 4.79 Å². The first-order valence-corrected chi connectivity index (χ1v) is 6.71. The summed E-state index contributed by atoms with van der Waals surface area (Å²) < 4.78 is 10.8. The number of benzene rings is 1. The lowest BCUT2D eigenvalue weighted by atomic mass is 10.1. The van der Waals surface area contributed by atoms with E-state index in [1.807, 2.05) is 19.9 Å². The van der Waals surface area contributed by atoms with Crippen molar-refractivity contribution in [1.82, 2.24) is 0 Å². The molecule has 4 heteroatoms. The van der Waals surface area contributed by atoms with Gasteiger partial charge in [0.05, 0.1) is 6.61 Å². The highest BCUT2D eigenvalue weighted by Crippen LogP contribution is 2.22. The Morgan fingerprint density at radius 1 is 1.40 bits per heavy atom. The number of esters is 1. The molecule has 0 unspecified atom stereocenters. The summed E-state index contributed by atoms with van der Waals surface area (Å²) in [6.45, 7) is 7.56. The molecule has 0 heterocycles. The largest absolute Gasteiger partial charge is 0.478 e. The van der Waals surface area contributed by atoms with Crippen molar-refractivity contribution in [1.29, 1.82) is 0 Å². The predicted molar refractivity (Wildman–Crippen MR) is 77.4 cm³/mol. The van der Waals surface area contributed by atoms with E-state index in [2.05, 4.69) is 6.58 Å². The molecule has 1 N–H and O–H groups in total. The maximum absolute atomic E-state index is 12.0. The molecule has 1 atom stereocenters. The Kier molecular flexibility index (Phi) is 6.81. The Bertz CT molecular complexity index is 440. The van der Waals surface area contributed by atoms with E-state index in [0.29, 0.717) is 17.7 Å². The summed E-state index contributed by atoms with van der Waals surface area (Å²) in [5.41, 5.74) is 0.651. The van der Waals surface area contributed by atoms with Crippen LogP contribution in [0.3, 0.4) is 0 Å². The number of rotatable bonds is 8. The van der Waals surface area contributed by atoms with Crippen LogP contribution in [0.15, 0.2) is 36.9 Å². The molecule has 1 aromatic carbocycles. The molecule has 20 heavy (non-hydrogen) atoms. The molecule has 0 saturated carbocycles. The monoisotopic (exact) mass is 278 g/mol. The third kappa shape index (κ3) is 5.05. The first-order chi connectivity index (χ1) is 9.58. The van der Waals surface area contributed by atoms with Gasteiger partial charge in [-0.3, -0.25) is 0 Å². The van der Waals surface area contributed by atoms with E-state index in [9.17, 15) is 9.90 Å². The van der Waals surface area contributed by atoms with Crippen molar-refractivity contribution in [2.75, 3.05) is 6.61 Å². The molecule has 0 aromatic heterocycles. The van der Waals surface area contributed by atoms with Gasteiger partial charge in [-0.15, -0.1) is 0 Å². The van der Waals surface area contributed by atoms with Crippen molar-refractivity contribution < 1.29 is 19.4 Å². The van der Waals surface area contributed by atoms with Crippen LogP contribution in [0.25, 0.3) is 0 Å². The molecule has 110 valence electrons. The average Bonchev–Trinajstić information content (AvgIpc) is 2.44. The molecule has 0 aliphatic rings. The molecule has 0 aliphatic carbocycles. The number of carbonyl (C=O) groups excluding carboxylic acids is 1. The van der Waals surface area contributed by atoms with Gasteiger partial charge >= 0.3 is 5.97 Å². The van der Waals surface area contributed by atoms with Crippen LogP contribution in [0.4, 0.5) is 0 Å².